The van der Waals surface area contributed by atoms with E-state index in [2.05, 4.69) is 10.1 Å². The van der Waals surface area contributed by atoms with Crippen molar-refractivity contribution in [3.8, 4) is 17.1 Å². The van der Waals surface area contributed by atoms with E-state index in [1.807, 2.05) is 0 Å². The highest BCUT2D eigenvalue weighted by molar-refractivity contribution is 7.89. The summed E-state index contributed by atoms with van der Waals surface area (Å²) >= 11 is 11.9. The molecule has 0 saturated carbocycles. The van der Waals surface area contributed by atoms with Gasteiger partial charge in [0.15, 0.2) is 0 Å². The topological polar surface area (TPSA) is 85.5 Å². The Labute approximate surface area is 172 Å². The van der Waals surface area contributed by atoms with E-state index in [1.54, 1.807) is 37.3 Å². The second-order valence-corrected chi connectivity index (χ2v) is 8.52. The van der Waals surface area contributed by atoms with Crippen LogP contribution in [0.3, 0.4) is 0 Å². The van der Waals surface area contributed by atoms with Crippen molar-refractivity contribution in [3.05, 3.63) is 58.4 Å². The number of ether oxygens (including phenoxy) is 1. The molecule has 0 amide bonds. The zero-order chi connectivity index (χ0) is 20.3. The number of aromatic nitrogens is 2. The van der Waals surface area contributed by atoms with Gasteiger partial charge < -0.3 is 9.26 Å². The molecule has 0 atom stereocenters. The minimum Gasteiger partial charge on any atom is -0.495 e. The van der Waals surface area contributed by atoms with E-state index in [4.69, 9.17) is 32.5 Å². The van der Waals surface area contributed by atoms with Gasteiger partial charge in [0, 0.05) is 22.2 Å². The second kappa shape index (κ2) is 8.48. The van der Waals surface area contributed by atoms with Crippen LogP contribution < -0.4 is 4.74 Å². The molecule has 1 aromatic heterocycles. The normalized spacial score (nSPS) is 11.8. The minimum absolute atomic E-state index is 0.0261. The van der Waals surface area contributed by atoms with Gasteiger partial charge >= 0.3 is 0 Å². The molecule has 0 unspecified atom stereocenters. The molecule has 0 aliphatic carbocycles. The summed E-state index contributed by atoms with van der Waals surface area (Å²) in [4.78, 5) is 4.25. The third-order valence-corrected chi connectivity index (χ3v) is 6.41. The molecule has 3 aromatic rings. The summed E-state index contributed by atoms with van der Waals surface area (Å²) in [5.41, 5.74) is 0.710. The molecule has 0 saturated heterocycles. The lowest BCUT2D eigenvalue weighted by atomic mass is 10.2. The number of nitrogens with zero attached hydrogens (tertiary/aromatic N) is 3. The maximum atomic E-state index is 13.1. The van der Waals surface area contributed by atoms with Crippen molar-refractivity contribution >= 4 is 33.2 Å². The quantitative estimate of drug-likeness (QED) is 0.544. The Kier molecular flexibility index (Phi) is 6.24. The molecular formula is C18H17Cl2N3O4S. The number of rotatable bonds is 7. The number of hydrogen-bond donors (Lipinski definition) is 0. The molecule has 2 aromatic carbocycles. The van der Waals surface area contributed by atoms with Crippen LogP contribution >= 0.6 is 23.2 Å². The van der Waals surface area contributed by atoms with Gasteiger partial charge in [-0.05, 0) is 42.5 Å². The van der Waals surface area contributed by atoms with E-state index in [1.165, 1.54) is 23.5 Å². The Morgan fingerprint density at radius 1 is 1.11 bits per heavy atom. The highest BCUT2D eigenvalue weighted by Crippen LogP contribution is 2.30. The molecule has 148 valence electrons. The average molecular weight is 442 g/mol. The Morgan fingerprint density at radius 3 is 2.43 bits per heavy atom. The first-order valence-electron chi connectivity index (χ1n) is 8.27. The number of halogens is 2. The van der Waals surface area contributed by atoms with Gasteiger partial charge in [-0.25, -0.2) is 8.42 Å². The fourth-order valence-corrected chi connectivity index (χ4v) is 4.49. The molecule has 0 N–H and O–H groups in total. The Morgan fingerprint density at radius 2 is 1.79 bits per heavy atom. The monoisotopic (exact) mass is 441 g/mol. The number of sulfonamides is 1. The van der Waals surface area contributed by atoms with Crippen molar-refractivity contribution in [3.63, 3.8) is 0 Å². The van der Waals surface area contributed by atoms with E-state index < -0.39 is 10.0 Å². The van der Waals surface area contributed by atoms with E-state index in [0.29, 0.717) is 21.4 Å². The standard InChI is InChI=1S/C18H17Cl2N3O4S/c1-3-23(28(24,25)16-10-14(20)8-9-15(16)26-2)11-17-21-18(22-27-17)12-4-6-13(19)7-5-12/h4-10H,3,11H2,1-2H3. The van der Waals surface area contributed by atoms with Crippen molar-refractivity contribution in [1.29, 1.82) is 0 Å². The summed E-state index contributed by atoms with van der Waals surface area (Å²) in [5, 5.41) is 4.79. The molecule has 0 radical (unpaired) electrons. The Balaban J connectivity index is 1.88. The van der Waals surface area contributed by atoms with Crippen molar-refractivity contribution < 1.29 is 17.7 Å². The summed E-state index contributed by atoms with van der Waals surface area (Å²) in [6, 6.07) is 11.3. The predicted molar refractivity (Wildman–Crippen MR) is 106 cm³/mol. The van der Waals surface area contributed by atoms with Gasteiger partial charge in [0.2, 0.25) is 21.7 Å². The summed E-state index contributed by atoms with van der Waals surface area (Å²) in [7, 11) is -2.50. The number of benzene rings is 2. The van der Waals surface area contributed by atoms with Gasteiger partial charge in [0.1, 0.15) is 10.6 Å². The molecule has 10 heteroatoms. The van der Waals surface area contributed by atoms with E-state index in [9.17, 15) is 8.42 Å². The maximum absolute atomic E-state index is 13.1. The molecule has 28 heavy (non-hydrogen) atoms. The van der Waals surface area contributed by atoms with Gasteiger partial charge in [-0.15, -0.1) is 0 Å². The van der Waals surface area contributed by atoms with Crippen LogP contribution in [-0.4, -0.2) is 36.5 Å². The van der Waals surface area contributed by atoms with Crippen LogP contribution in [-0.2, 0) is 16.6 Å². The maximum Gasteiger partial charge on any atom is 0.247 e. The van der Waals surface area contributed by atoms with Crippen LogP contribution in [0.5, 0.6) is 5.75 Å². The van der Waals surface area contributed by atoms with E-state index in [-0.39, 0.29) is 29.6 Å². The Bertz CT molecular complexity index is 1070. The summed E-state index contributed by atoms with van der Waals surface area (Å²) in [6.45, 7) is 1.82. The first-order chi connectivity index (χ1) is 13.3. The lowest BCUT2D eigenvalue weighted by Crippen LogP contribution is -2.31. The lowest BCUT2D eigenvalue weighted by molar-refractivity contribution is 0.320. The van der Waals surface area contributed by atoms with Gasteiger partial charge in [-0.3, -0.25) is 0 Å². The molecule has 0 aliphatic rings. The highest BCUT2D eigenvalue weighted by atomic mass is 35.5. The first kappa shape index (κ1) is 20.6. The van der Waals surface area contributed by atoms with Crippen LogP contribution in [0, 0.1) is 0 Å². The smallest absolute Gasteiger partial charge is 0.247 e. The fourth-order valence-electron chi connectivity index (χ4n) is 2.54. The third-order valence-electron chi connectivity index (χ3n) is 3.98. The molecule has 0 bridgehead atoms. The molecule has 1 heterocycles. The van der Waals surface area contributed by atoms with Crippen LogP contribution in [0.4, 0.5) is 0 Å². The van der Waals surface area contributed by atoms with Crippen LogP contribution in [0.25, 0.3) is 11.4 Å². The third kappa shape index (κ3) is 4.30. The number of hydrogen-bond acceptors (Lipinski definition) is 6. The highest BCUT2D eigenvalue weighted by Gasteiger charge is 2.29. The molecule has 3 rings (SSSR count). The van der Waals surface area contributed by atoms with Crippen LogP contribution in [0.2, 0.25) is 10.0 Å². The lowest BCUT2D eigenvalue weighted by Gasteiger charge is -2.20. The zero-order valence-corrected chi connectivity index (χ0v) is 17.4. The van der Waals surface area contributed by atoms with E-state index in [0.717, 1.165) is 0 Å². The second-order valence-electron chi connectivity index (χ2n) is 5.75. The van der Waals surface area contributed by atoms with Gasteiger partial charge in [-0.1, -0.05) is 35.3 Å². The summed E-state index contributed by atoms with van der Waals surface area (Å²) in [6.07, 6.45) is 0. The van der Waals surface area contributed by atoms with Crippen molar-refractivity contribution in [2.24, 2.45) is 0 Å². The van der Waals surface area contributed by atoms with Gasteiger partial charge in [-0.2, -0.15) is 9.29 Å². The van der Waals surface area contributed by atoms with E-state index >= 15 is 0 Å². The first-order valence-corrected chi connectivity index (χ1v) is 10.5. The zero-order valence-electron chi connectivity index (χ0n) is 15.1. The van der Waals surface area contributed by atoms with Crippen molar-refractivity contribution in [2.45, 2.75) is 18.4 Å². The van der Waals surface area contributed by atoms with Gasteiger partial charge in [0.05, 0.1) is 13.7 Å². The summed E-state index contributed by atoms with van der Waals surface area (Å²) in [5.74, 6) is 0.715. The molecule has 0 fully saturated rings. The molecule has 0 aliphatic heterocycles. The fraction of sp³-hybridized carbons (Fsp3) is 0.222. The molecular weight excluding hydrogens is 425 g/mol. The average Bonchev–Trinajstić information content (AvgIpc) is 3.15. The largest absolute Gasteiger partial charge is 0.495 e. The van der Waals surface area contributed by atoms with Crippen LogP contribution in [0.1, 0.15) is 12.8 Å². The van der Waals surface area contributed by atoms with Gasteiger partial charge in [0.25, 0.3) is 0 Å². The molecule has 7 nitrogen and oxygen atoms in total. The Hall–Kier alpha value is -2.13. The predicted octanol–water partition coefficient (Wildman–Crippen LogP) is 4.26. The summed E-state index contributed by atoms with van der Waals surface area (Å²) < 4.78 is 37.8. The molecule has 0 spiro atoms. The minimum atomic E-state index is -3.90. The SMILES string of the molecule is CCN(Cc1nc(-c2ccc(Cl)cc2)no1)S(=O)(=O)c1cc(Cl)ccc1OC. The van der Waals surface area contributed by atoms with Crippen molar-refractivity contribution in [1.82, 2.24) is 14.4 Å². The number of methoxy groups -OCH3 is 1. The van der Waals surface area contributed by atoms with Crippen molar-refractivity contribution in [2.75, 3.05) is 13.7 Å². The van der Waals surface area contributed by atoms with Crippen LogP contribution in [0.15, 0.2) is 51.9 Å².